The topological polar surface area (TPSA) is 56.0 Å². The van der Waals surface area contributed by atoms with Crippen molar-refractivity contribution >= 4 is 33.0 Å². The molecule has 0 fully saturated rings. The first-order valence-corrected chi connectivity index (χ1v) is 4.72. The Labute approximate surface area is 84.6 Å². The van der Waals surface area contributed by atoms with Crippen molar-refractivity contribution in [1.82, 2.24) is 4.98 Å². The van der Waals surface area contributed by atoms with Crippen LogP contribution in [0.4, 0.5) is 5.13 Å². The number of aldehydes is 1. The van der Waals surface area contributed by atoms with E-state index in [1.54, 1.807) is 0 Å². The summed E-state index contributed by atoms with van der Waals surface area (Å²) < 4.78 is 1.03. The Kier molecular flexibility index (Phi) is 2.17. The summed E-state index contributed by atoms with van der Waals surface area (Å²) in [5, 5.41) is 0.542. The summed E-state index contributed by atoms with van der Waals surface area (Å²) in [5.74, 6) is 5.05. The molecule has 68 valence electrons. The Hall–Kier alpha value is -1.86. The van der Waals surface area contributed by atoms with E-state index >= 15 is 0 Å². The summed E-state index contributed by atoms with van der Waals surface area (Å²) >= 11 is 1.43. The van der Waals surface area contributed by atoms with Crippen LogP contribution in [0, 0.1) is 11.8 Å². The van der Waals surface area contributed by atoms with Gasteiger partial charge in [0.25, 0.3) is 0 Å². The molecule has 2 N–H and O–H groups in total. The molecule has 0 radical (unpaired) electrons. The minimum absolute atomic E-state index is 0.542. The van der Waals surface area contributed by atoms with Gasteiger partial charge < -0.3 is 5.73 Å². The smallest absolute Gasteiger partial charge is 0.193 e. The maximum absolute atomic E-state index is 10.0. The first-order valence-electron chi connectivity index (χ1n) is 3.91. The van der Waals surface area contributed by atoms with E-state index in [1.807, 2.05) is 18.2 Å². The number of anilines is 1. The van der Waals surface area contributed by atoms with Crippen LogP contribution in [0.2, 0.25) is 0 Å². The zero-order valence-corrected chi connectivity index (χ0v) is 7.97. The molecule has 4 heteroatoms. The van der Waals surface area contributed by atoms with Crippen LogP contribution in [0.1, 0.15) is 5.56 Å². The molecule has 0 saturated carbocycles. The number of carbonyl (C=O) groups excluding carboxylic acids is 1. The monoisotopic (exact) mass is 202 g/mol. The lowest BCUT2D eigenvalue weighted by Crippen LogP contribution is -1.79. The third kappa shape index (κ3) is 1.58. The number of hydrogen-bond donors (Lipinski definition) is 1. The van der Waals surface area contributed by atoms with Crippen molar-refractivity contribution in [3.05, 3.63) is 23.8 Å². The van der Waals surface area contributed by atoms with Crippen LogP contribution in [-0.4, -0.2) is 11.3 Å². The minimum atomic E-state index is 0.542. The third-order valence-corrected chi connectivity index (χ3v) is 2.55. The quantitative estimate of drug-likeness (QED) is 0.519. The summed E-state index contributed by atoms with van der Waals surface area (Å²) in [5.41, 5.74) is 7.15. The molecule has 0 aliphatic rings. The van der Waals surface area contributed by atoms with Gasteiger partial charge in [0.1, 0.15) is 0 Å². The highest BCUT2D eigenvalue weighted by atomic mass is 32.1. The predicted molar refractivity (Wildman–Crippen MR) is 57.0 cm³/mol. The molecule has 1 aromatic carbocycles. The maximum Gasteiger partial charge on any atom is 0.193 e. The molecular formula is C10H6N2OS. The molecule has 1 heterocycles. The van der Waals surface area contributed by atoms with Crippen LogP contribution in [0.15, 0.2) is 18.2 Å². The molecule has 0 unspecified atom stereocenters. The highest BCUT2D eigenvalue weighted by Gasteiger charge is 2.00. The molecule has 1 aromatic heterocycles. The fourth-order valence-electron chi connectivity index (χ4n) is 1.14. The van der Waals surface area contributed by atoms with Crippen LogP contribution in [0.3, 0.4) is 0 Å². The molecule has 2 rings (SSSR count). The number of hydrogen-bond acceptors (Lipinski definition) is 4. The fourth-order valence-corrected chi connectivity index (χ4v) is 1.85. The van der Waals surface area contributed by atoms with Crippen molar-refractivity contribution in [1.29, 1.82) is 0 Å². The number of benzene rings is 1. The van der Waals surface area contributed by atoms with Gasteiger partial charge in [-0.1, -0.05) is 17.3 Å². The van der Waals surface area contributed by atoms with Crippen molar-refractivity contribution in [2.45, 2.75) is 0 Å². The standard InChI is InChI=1S/C10H6N2OS/c11-10-12-8-6-7(2-1-5-13)3-4-9(8)14-10/h3-6H,(H2,11,12). The molecule has 0 bridgehead atoms. The first kappa shape index (κ1) is 8.73. The summed E-state index contributed by atoms with van der Waals surface area (Å²) in [7, 11) is 0. The summed E-state index contributed by atoms with van der Waals surface area (Å²) in [4.78, 5) is 14.2. The lowest BCUT2D eigenvalue weighted by atomic mass is 10.2. The fraction of sp³-hybridized carbons (Fsp3) is 0. The van der Waals surface area contributed by atoms with Gasteiger partial charge in [0.2, 0.25) is 0 Å². The molecule has 2 aromatic rings. The Balaban J connectivity index is 2.55. The van der Waals surface area contributed by atoms with Gasteiger partial charge in [0, 0.05) is 5.56 Å². The van der Waals surface area contributed by atoms with E-state index in [9.17, 15) is 4.79 Å². The molecule has 0 aliphatic heterocycles. The van der Waals surface area contributed by atoms with Crippen molar-refractivity contribution in [2.24, 2.45) is 0 Å². The molecule has 14 heavy (non-hydrogen) atoms. The predicted octanol–water partition coefficient (Wildman–Crippen LogP) is 1.43. The van der Waals surface area contributed by atoms with Crippen LogP contribution >= 0.6 is 11.3 Å². The Morgan fingerprint density at radius 1 is 1.50 bits per heavy atom. The van der Waals surface area contributed by atoms with Gasteiger partial charge >= 0.3 is 0 Å². The van der Waals surface area contributed by atoms with Gasteiger partial charge in [0.15, 0.2) is 11.4 Å². The molecule has 0 amide bonds. The van der Waals surface area contributed by atoms with E-state index in [1.165, 1.54) is 11.3 Å². The van der Waals surface area contributed by atoms with Gasteiger partial charge in [-0.25, -0.2) is 4.98 Å². The largest absolute Gasteiger partial charge is 0.375 e. The van der Waals surface area contributed by atoms with Crippen LogP contribution in [-0.2, 0) is 4.79 Å². The molecule has 0 spiro atoms. The lowest BCUT2D eigenvalue weighted by Gasteiger charge is -1.88. The Morgan fingerprint density at radius 3 is 3.14 bits per heavy atom. The van der Waals surface area contributed by atoms with Gasteiger partial charge in [-0.05, 0) is 24.1 Å². The zero-order valence-electron chi connectivity index (χ0n) is 7.15. The van der Waals surface area contributed by atoms with Crippen molar-refractivity contribution in [2.75, 3.05) is 5.73 Å². The molecule has 0 saturated heterocycles. The highest BCUT2D eigenvalue weighted by molar-refractivity contribution is 7.22. The molecular weight excluding hydrogens is 196 g/mol. The third-order valence-electron chi connectivity index (χ3n) is 1.68. The van der Waals surface area contributed by atoms with Gasteiger partial charge in [-0.2, -0.15) is 0 Å². The number of nitrogens with two attached hydrogens (primary N) is 1. The van der Waals surface area contributed by atoms with E-state index < -0.39 is 0 Å². The van der Waals surface area contributed by atoms with Crippen LogP contribution in [0.25, 0.3) is 10.2 Å². The van der Waals surface area contributed by atoms with Crippen LogP contribution in [0.5, 0.6) is 0 Å². The zero-order chi connectivity index (χ0) is 9.97. The van der Waals surface area contributed by atoms with Crippen molar-refractivity contribution in [3.8, 4) is 11.8 Å². The number of carbonyl (C=O) groups is 1. The summed E-state index contributed by atoms with van der Waals surface area (Å²) in [6.07, 6.45) is 0.569. The van der Waals surface area contributed by atoms with Gasteiger partial charge in [0.05, 0.1) is 10.2 Å². The number of aromatic nitrogens is 1. The molecule has 3 nitrogen and oxygen atoms in total. The second-order valence-corrected chi connectivity index (χ2v) is 3.68. The second-order valence-electron chi connectivity index (χ2n) is 2.62. The van der Waals surface area contributed by atoms with Crippen molar-refractivity contribution in [3.63, 3.8) is 0 Å². The number of nitrogen functional groups attached to an aromatic ring is 1. The first-order chi connectivity index (χ1) is 6.79. The Morgan fingerprint density at radius 2 is 2.36 bits per heavy atom. The average molecular weight is 202 g/mol. The number of thiazole rings is 1. The number of nitrogens with zero attached hydrogens (tertiary/aromatic N) is 1. The minimum Gasteiger partial charge on any atom is -0.375 e. The second kappa shape index (κ2) is 3.48. The normalized spacial score (nSPS) is 9.43. The summed E-state index contributed by atoms with van der Waals surface area (Å²) in [6, 6.07) is 5.56. The van der Waals surface area contributed by atoms with Crippen LogP contribution < -0.4 is 5.73 Å². The molecule has 0 atom stereocenters. The number of fused-ring (bicyclic) bond motifs is 1. The van der Waals surface area contributed by atoms with E-state index in [-0.39, 0.29) is 0 Å². The average Bonchev–Trinajstić information content (AvgIpc) is 2.54. The van der Waals surface area contributed by atoms with E-state index in [0.29, 0.717) is 11.4 Å². The maximum atomic E-state index is 10.0. The molecule has 0 aliphatic carbocycles. The SMILES string of the molecule is Nc1nc2cc(C#CC=O)ccc2s1. The van der Waals surface area contributed by atoms with Crippen molar-refractivity contribution < 1.29 is 4.79 Å². The van der Waals surface area contributed by atoms with E-state index in [0.717, 1.165) is 15.8 Å². The van der Waals surface area contributed by atoms with E-state index in [2.05, 4.69) is 16.8 Å². The number of rotatable bonds is 0. The highest BCUT2D eigenvalue weighted by Crippen LogP contribution is 2.23. The summed E-state index contributed by atoms with van der Waals surface area (Å²) in [6.45, 7) is 0. The van der Waals surface area contributed by atoms with E-state index in [4.69, 9.17) is 5.73 Å². The van der Waals surface area contributed by atoms with Gasteiger partial charge in [-0.3, -0.25) is 4.79 Å². The lowest BCUT2D eigenvalue weighted by molar-refractivity contribution is -0.103. The Bertz CT molecular complexity index is 548. The van der Waals surface area contributed by atoms with Gasteiger partial charge in [-0.15, -0.1) is 0 Å².